The van der Waals surface area contributed by atoms with E-state index in [0.717, 1.165) is 6.42 Å². The normalized spacial score (nSPS) is 21.9. The Kier molecular flexibility index (Phi) is 4.35. The number of aromatic hydroxyl groups is 1. The number of rotatable bonds is 2. The van der Waals surface area contributed by atoms with E-state index >= 15 is 0 Å². The van der Waals surface area contributed by atoms with Gasteiger partial charge < -0.3 is 15.1 Å². The summed E-state index contributed by atoms with van der Waals surface area (Å²) in [5.41, 5.74) is 0.530. The second kappa shape index (κ2) is 6.03. The zero-order valence-corrected chi connectivity index (χ0v) is 12.2. The summed E-state index contributed by atoms with van der Waals surface area (Å²) in [5.74, 6) is -0.616. The van der Waals surface area contributed by atoms with Crippen LogP contribution in [0.25, 0.3) is 0 Å². The number of piperidine rings is 1. The van der Waals surface area contributed by atoms with Gasteiger partial charge in [-0.25, -0.2) is 9.59 Å². The third-order valence-corrected chi connectivity index (χ3v) is 3.90. The molecule has 2 unspecified atom stereocenters. The molecule has 1 aliphatic rings. The summed E-state index contributed by atoms with van der Waals surface area (Å²) in [6.07, 6.45) is 1.26. The fourth-order valence-electron chi connectivity index (χ4n) is 2.61. The number of nitrogens with zero attached hydrogens (tertiary/aromatic N) is 2. The number of carboxylic acid groups (broad SMARTS) is 1. The number of carboxylic acids is 1. The Morgan fingerprint density at radius 1 is 1.38 bits per heavy atom. The largest absolute Gasteiger partial charge is 0.508 e. The SMILES string of the molecule is CC1CCN(C(=O)N(C)c2cccc(O)c2)C(C(=O)O)C1. The van der Waals surface area contributed by atoms with E-state index in [1.807, 2.05) is 6.92 Å². The molecule has 1 aliphatic heterocycles. The summed E-state index contributed by atoms with van der Waals surface area (Å²) < 4.78 is 0. The molecule has 1 heterocycles. The molecule has 0 aromatic heterocycles. The molecule has 2 amide bonds. The third kappa shape index (κ3) is 3.26. The Balaban J connectivity index is 2.19. The van der Waals surface area contributed by atoms with E-state index in [0.29, 0.717) is 24.6 Å². The Bertz CT molecular complexity index is 546. The van der Waals surface area contributed by atoms with Crippen molar-refractivity contribution in [1.82, 2.24) is 4.90 Å². The van der Waals surface area contributed by atoms with E-state index in [1.165, 1.54) is 21.9 Å². The van der Waals surface area contributed by atoms with Gasteiger partial charge in [-0.1, -0.05) is 13.0 Å². The lowest BCUT2D eigenvalue weighted by molar-refractivity contribution is -0.143. The van der Waals surface area contributed by atoms with Gasteiger partial charge in [0, 0.05) is 25.3 Å². The fraction of sp³-hybridized carbons (Fsp3) is 0.467. The van der Waals surface area contributed by atoms with E-state index < -0.39 is 12.0 Å². The number of urea groups is 1. The van der Waals surface area contributed by atoms with Crippen LogP contribution in [0.5, 0.6) is 5.75 Å². The smallest absolute Gasteiger partial charge is 0.326 e. The molecule has 2 atom stereocenters. The highest BCUT2D eigenvalue weighted by Gasteiger charge is 2.36. The van der Waals surface area contributed by atoms with Crippen LogP contribution in [-0.4, -0.2) is 46.7 Å². The summed E-state index contributed by atoms with van der Waals surface area (Å²) in [6.45, 7) is 2.43. The van der Waals surface area contributed by atoms with Gasteiger partial charge in [0.05, 0.1) is 0 Å². The Morgan fingerprint density at radius 2 is 2.10 bits per heavy atom. The first-order valence-electron chi connectivity index (χ1n) is 6.96. The van der Waals surface area contributed by atoms with Gasteiger partial charge in [0.15, 0.2) is 0 Å². The molecule has 0 saturated carbocycles. The maximum Gasteiger partial charge on any atom is 0.326 e. The Morgan fingerprint density at radius 3 is 2.71 bits per heavy atom. The van der Waals surface area contributed by atoms with Crippen LogP contribution in [-0.2, 0) is 4.79 Å². The van der Waals surface area contributed by atoms with Crippen LogP contribution in [0.1, 0.15) is 19.8 Å². The van der Waals surface area contributed by atoms with Crippen molar-refractivity contribution in [3.05, 3.63) is 24.3 Å². The molecular weight excluding hydrogens is 272 g/mol. The molecule has 0 radical (unpaired) electrons. The molecule has 2 rings (SSSR count). The number of hydrogen-bond acceptors (Lipinski definition) is 3. The average Bonchev–Trinajstić information content (AvgIpc) is 2.45. The Labute approximate surface area is 123 Å². The maximum absolute atomic E-state index is 12.5. The number of hydrogen-bond donors (Lipinski definition) is 2. The molecule has 6 heteroatoms. The molecule has 21 heavy (non-hydrogen) atoms. The highest BCUT2D eigenvalue weighted by atomic mass is 16.4. The predicted molar refractivity (Wildman–Crippen MR) is 78.4 cm³/mol. The van der Waals surface area contributed by atoms with Gasteiger partial charge in [-0.15, -0.1) is 0 Å². The van der Waals surface area contributed by atoms with E-state index in [1.54, 1.807) is 19.2 Å². The van der Waals surface area contributed by atoms with Crippen molar-refractivity contribution >= 4 is 17.7 Å². The second-order valence-corrected chi connectivity index (χ2v) is 5.54. The molecule has 1 aromatic carbocycles. The fourth-order valence-corrected chi connectivity index (χ4v) is 2.61. The van der Waals surface area contributed by atoms with Gasteiger partial charge in [0.25, 0.3) is 0 Å². The van der Waals surface area contributed by atoms with Crippen molar-refractivity contribution in [2.24, 2.45) is 5.92 Å². The quantitative estimate of drug-likeness (QED) is 0.875. The topological polar surface area (TPSA) is 81.1 Å². The Hall–Kier alpha value is -2.24. The summed E-state index contributed by atoms with van der Waals surface area (Å²) in [6, 6.07) is 5.17. The van der Waals surface area contributed by atoms with Crippen LogP contribution in [0.15, 0.2) is 24.3 Å². The van der Waals surface area contributed by atoms with E-state index in [2.05, 4.69) is 0 Å². The molecule has 114 valence electrons. The van der Waals surface area contributed by atoms with Gasteiger partial charge in [-0.3, -0.25) is 4.90 Å². The third-order valence-electron chi connectivity index (χ3n) is 3.90. The molecule has 0 spiro atoms. The first-order chi connectivity index (χ1) is 9.90. The van der Waals surface area contributed by atoms with Gasteiger partial charge in [0.1, 0.15) is 11.8 Å². The minimum absolute atomic E-state index is 0.0641. The molecule has 0 bridgehead atoms. The number of phenols is 1. The van der Waals surface area contributed by atoms with Gasteiger partial charge >= 0.3 is 12.0 Å². The molecular formula is C15H20N2O4. The standard InChI is InChI=1S/C15H20N2O4/c1-10-6-7-17(13(8-10)14(19)20)15(21)16(2)11-4-3-5-12(18)9-11/h3-5,9-10,13,18H,6-8H2,1-2H3,(H,19,20). The van der Waals surface area contributed by atoms with Crippen molar-refractivity contribution < 1.29 is 19.8 Å². The van der Waals surface area contributed by atoms with Crippen LogP contribution in [0, 0.1) is 5.92 Å². The number of anilines is 1. The van der Waals surface area contributed by atoms with Gasteiger partial charge in [-0.05, 0) is 30.9 Å². The molecule has 1 fully saturated rings. The number of aliphatic carboxylic acids is 1. The molecule has 0 aliphatic carbocycles. The highest BCUT2D eigenvalue weighted by Crippen LogP contribution is 2.26. The second-order valence-electron chi connectivity index (χ2n) is 5.54. The van der Waals surface area contributed by atoms with Crippen molar-refractivity contribution in [2.45, 2.75) is 25.8 Å². The monoisotopic (exact) mass is 292 g/mol. The number of likely N-dealkylation sites (tertiary alicyclic amines) is 1. The van der Waals surface area contributed by atoms with Crippen LogP contribution in [0.2, 0.25) is 0 Å². The summed E-state index contributed by atoms with van der Waals surface area (Å²) in [7, 11) is 1.58. The van der Waals surface area contributed by atoms with Crippen molar-refractivity contribution in [3.8, 4) is 5.75 Å². The lowest BCUT2D eigenvalue weighted by atomic mass is 9.92. The summed E-state index contributed by atoms with van der Waals surface area (Å²) in [4.78, 5) is 26.7. The number of carbonyl (C=O) groups is 2. The molecule has 2 N–H and O–H groups in total. The van der Waals surface area contributed by atoms with Crippen LogP contribution >= 0.6 is 0 Å². The zero-order valence-electron chi connectivity index (χ0n) is 12.2. The van der Waals surface area contributed by atoms with Crippen LogP contribution in [0.3, 0.4) is 0 Å². The number of amides is 2. The van der Waals surface area contributed by atoms with Gasteiger partial charge in [0.2, 0.25) is 0 Å². The number of carbonyl (C=O) groups excluding carboxylic acids is 1. The zero-order chi connectivity index (χ0) is 15.6. The van der Waals surface area contributed by atoms with E-state index in [4.69, 9.17) is 0 Å². The van der Waals surface area contributed by atoms with Crippen molar-refractivity contribution in [1.29, 1.82) is 0 Å². The lowest BCUT2D eigenvalue weighted by Crippen LogP contribution is -2.53. The van der Waals surface area contributed by atoms with E-state index in [9.17, 15) is 19.8 Å². The highest BCUT2D eigenvalue weighted by molar-refractivity contribution is 5.94. The first kappa shape index (κ1) is 15.2. The predicted octanol–water partition coefficient (Wildman–Crippen LogP) is 2.13. The average molecular weight is 292 g/mol. The van der Waals surface area contributed by atoms with Gasteiger partial charge in [-0.2, -0.15) is 0 Å². The van der Waals surface area contributed by atoms with Crippen LogP contribution < -0.4 is 4.90 Å². The lowest BCUT2D eigenvalue weighted by Gasteiger charge is -2.38. The molecule has 1 saturated heterocycles. The van der Waals surface area contributed by atoms with Crippen LogP contribution in [0.4, 0.5) is 10.5 Å². The van der Waals surface area contributed by atoms with Crippen molar-refractivity contribution in [3.63, 3.8) is 0 Å². The van der Waals surface area contributed by atoms with E-state index in [-0.39, 0.29) is 11.8 Å². The molecule has 1 aromatic rings. The maximum atomic E-state index is 12.5. The number of benzene rings is 1. The summed E-state index contributed by atoms with van der Waals surface area (Å²) in [5, 5.41) is 18.8. The van der Waals surface area contributed by atoms with Crippen molar-refractivity contribution in [2.75, 3.05) is 18.5 Å². The number of phenolic OH excluding ortho intramolecular Hbond substituents is 1. The molecule has 6 nitrogen and oxygen atoms in total. The first-order valence-corrected chi connectivity index (χ1v) is 6.96. The summed E-state index contributed by atoms with van der Waals surface area (Å²) >= 11 is 0. The minimum Gasteiger partial charge on any atom is -0.508 e. The minimum atomic E-state index is -0.973.